The van der Waals surface area contributed by atoms with Gasteiger partial charge in [-0.2, -0.15) is 0 Å². The van der Waals surface area contributed by atoms with Crippen molar-refractivity contribution in [1.82, 2.24) is 15.2 Å². The molecule has 1 aromatic carbocycles. The lowest BCUT2D eigenvalue weighted by Crippen LogP contribution is -2.36. The van der Waals surface area contributed by atoms with Crippen LogP contribution in [0.2, 0.25) is 0 Å². The molecule has 1 aliphatic heterocycles. The lowest BCUT2D eigenvalue weighted by molar-refractivity contribution is 0.240. The fraction of sp³-hybridized carbons (Fsp3) is 0.438. The zero-order valence-electron chi connectivity index (χ0n) is 11.9. The molecule has 1 aliphatic rings. The molecular weight excluding hydrogens is 266 g/mol. The molecule has 1 atom stereocenters. The van der Waals surface area contributed by atoms with Crippen LogP contribution in [0.1, 0.15) is 18.5 Å². The first-order valence-electron chi connectivity index (χ1n) is 7.25. The van der Waals surface area contributed by atoms with E-state index in [-0.39, 0.29) is 0 Å². The average molecular weight is 287 g/mol. The second-order valence-corrected chi connectivity index (χ2v) is 6.19. The summed E-state index contributed by atoms with van der Waals surface area (Å²) in [6.07, 6.45) is 2.61. The average Bonchev–Trinajstić information content (AvgIpc) is 3.11. The summed E-state index contributed by atoms with van der Waals surface area (Å²) in [6, 6.07) is 11.1. The molecule has 0 aliphatic carbocycles. The lowest BCUT2D eigenvalue weighted by atomic mass is 10.2. The third kappa shape index (κ3) is 3.08. The Morgan fingerprint density at radius 1 is 1.35 bits per heavy atom. The van der Waals surface area contributed by atoms with Gasteiger partial charge in [-0.15, -0.1) is 11.3 Å². The first-order chi connectivity index (χ1) is 9.86. The first kappa shape index (κ1) is 13.7. The van der Waals surface area contributed by atoms with E-state index in [1.54, 1.807) is 11.3 Å². The van der Waals surface area contributed by atoms with Gasteiger partial charge in [0.2, 0.25) is 0 Å². The van der Waals surface area contributed by atoms with Crippen LogP contribution in [-0.4, -0.2) is 36.1 Å². The predicted octanol–water partition coefficient (Wildman–Crippen LogP) is 2.99. The standard InChI is InChI=1S/C16H21N3S/c1-17-10-15-8-5-9-19(15)11-14-12-20-16(18-14)13-6-3-2-4-7-13/h2-4,6-7,12,15,17H,5,8-11H2,1H3. The molecule has 3 rings (SSSR count). The van der Waals surface area contributed by atoms with Gasteiger partial charge in [0, 0.05) is 30.1 Å². The minimum absolute atomic E-state index is 0.668. The van der Waals surface area contributed by atoms with E-state index in [2.05, 4.69) is 39.9 Å². The number of nitrogens with zero attached hydrogens (tertiary/aromatic N) is 2. The summed E-state index contributed by atoms with van der Waals surface area (Å²) in [5.41, 5.74) is 2.42. The Labute approximate surface area is 124 Å². The van der Waals surface area contributed by atoms with Crippen molar-refractivity contribution < 1.29 is 0 Å². The van der Waals surface area contributed by atoms with Gasteiger partial charge in [0.15, 0.2) is 0 Å². The zero-order chi connectivity index (χ0) is 13.8. The van der Waals surface area contributed by atoms with E-state index in [9.17, 15) is 0 Å². The molecule has 4 heteroatoms. The van der Waals surface area contributed by atoms with Gasteiger partial charge in [0.25, 0.3) is 0 Å². The number of rotatable bonds is 5. The van der Waals surface area contributed by atoms with Crippen molar-refractivity contribution in [3.8, 4) is 10.6 Å². The van der Waals surface area contributed by atoms with Gasteiger partial charge in [0.1, 0.15) is 5.01 Å². The third-order valence-electron chi connectivity index (χ3n) is 3.88. The Balaban J connectivity index is 1.68. The zero-order valence-corrected chi connectivity index (χ0v) is 12.7. The Kier molecular flexibility index (Phi) is 4.45. The van der Waals surface area contributed by atoms with E-state index in [0.717, 1.165) is 18.1 Å². The van der Waals surface area contributed by atoms with Crippen molar-refractivity contribution in [2.24, 2.45) is 0 Å². The highest BCUT2D eigenvalue weighted by Crippen LogP contribution is 2.25. The van der Waals surface area contributed by atoms with Crippen LogP contribution in [0.25, 0.3) is 10.6 Å². The van der Waals surface area contributed by atoms with Gasteiger partial charge in [-0.3, -0.25) is 4.90 Å². The SMILES string of the molecule is CNCC1CCCN1Cc1csc(-c2ccccc2)n1. The van der Waals surface area contributed by atoms with Crippen LogP contribution in [0.15, 0.2) is 35.7 Å². The topological polar surface area (TPSA) is 28.2 Å². The second-order valence-electron chi connectivity index (χ2n) is 5.33. The van der Waals surface area contributed by atoms with Crippen molar-refractivity contribution in [2.45, 2.75) is 25.4 Å². The minimum atomic E-state index is 0.668. The lowest BCUT2D eigenvalue weighted by Gasteiger charge is -2.23. The van der Waals surface area contributed by atoms with Crippen LogP contribution in [0, 0.1) is 0 Å². The van der Waals surface area contributed by atoms with Crippen molar-refractivity contribution in [2.75, 3.05) is 20.1 Å². The van der Waals surface area contributed by atoms with Gasteiger partial charge in [0.05, 0.1) is 5.69 Å². The summed E-state index contributed by atoms with van der Waals surface area (Å²) in [5.74, 6) is 0. The number of hydrogen-bond acceptors (Lipinski definition) is 4. The number of aromatic nitrogens is 1. The molecule has 0 spiro atoms. The molecule has 2 heterocycles. The number of hydrogen-bond donors (Lipinski definition) is 1. The summed E-state index contributed by atoms with van der Waals surface area (Å²) >= 11 is 1.75. The molecule has 20 heavy (non-hydrogen) atoms. The highest BCUT2D eigenvalue weighted by atomic mass is 32.1. The van der Waals surface area contributed by atoms with E-state index in [4.69, 9.17) is 4.98 Å². The summed E-state index contributed by atoms with van der Waals surface area (Å²) in [6.45, 7) is 3.26. The van der Waals surface area contributed by atoms with E-state index in [1.165, 1.54) is 30.6 Å². The molecule has 2 aromatic rings. The van der Waals surface area contributed by atoms with Gasteiger partial charge >= 0.3 is 0 Å². The fourth-order valence-corrected chi connectivity index (χ4v) is 3.69. The molecule has 1 unspecified atom stereocenters. The van der Waals surface area contributed by atoms with Gasteiger partial charge in [-0.1, -0.05) is 30.3 Å². The number of likely N-dealkylation sites (tertiary alicyclic amines) is 1. The molecule has 1 N–H and O–H groups in total. The van der Waals surface area contributed by atoms with Crippen molar-refractivity contribution in [3.63, 3.8) is 0 Å². The van der Waals surface area contributed by atoms with E-state index in [1.807, 2.05) is 13.1 Å². The number of nitrogens with one attached hydrogen (secondary N) is 1. The molecule has 0 bridgehead atoms. The predicted molar refractivity (Wildman–Crippen MR) is 84.9 cm³/mol. The first-order valence-corrected chi connectivity index (χ1v) is 8.13. The van der Waals surface area contributed by atoms with Gasteiger partial charge in [-0.05, 0) is 26.4 Å². The maximum absolute atomic E-state index is 4.79. The fourth-order valence-electron chi connectivity index (χ4n) is 2.87. The number of benzene rings is 1. The monoisotopic (exact) mass is 287 g/mol. The maximum Gasteiger partial charge on any atom is 0.123 e. The van der Waals surface area contributed by atoms with E-state index in [0.29, 0.717) is 6.04 Å². The van der Waals surface area contributed by atoms with Crippen molar-refractivity contribution in [1.29, 1.82) is 0 Å². The summed E-state index contributed by atoms with van der Waals surface area (Å²) in [7, 11) is 2.03. The highest BCUT2D eigenvalue weighted by molar-refractivity contribution is 7.13. The van der Waals surface area contributed by atoms with Crippen LogP contribution in [-0.2, 0) is 6.54 Å². The van der Waals surface area contributed by atoms with Crippen LogP contribution in [0.3, 0.4) is 0 Å². The molecular formula is C16H21N3S. The van der Waals surface area contributed by atoms with Crippen LogP contribution in [0.4, 0.5) is 0 Å². The summed E-state index contributed by atoms with van der Waals surface area (Å²) in [4.78, 5) is 7.35. The normalized spacial score (nSPS) is 19.6. The summed E-state index contributed by atoms with van der Waals surface area (Å²) < 4.78 is 0. The molecule has 1 fully saturated rings. The number of thiazole rings is 1. The molecule has 1 aromatic heterocycles. The largest absolute Gasteiger partial charge is 0.318 e. The smallest absolute Gasteiger partial charge is 0.123 e. The highest BCUT2D eigenvalue weighted by Gasteiger charge is 2.24. The van der Waals surface area contributed by atoms with Crippen LogP contribution in [0.5, 0.6) is 0 Å². The molecule has 106 valence electrons. The Morgan fingerprint density at radius 3 is 3.00 bits per heavy atom. The van der Waals surface area contributed by atoms with Gasteiger partial charge in [-0.25, -0.2) is 4.98 Å². The third-order valence-corrected chi connectivity index (χ3v) is 4.82. The Morgan fingerprint density at radius 2 is 2.20 bits per heavy atom. The molecule has 0 saturated carbocycles. The molecule has 0 radical (unpaired) electrons. The molecule has 3 nitrogen and oxygen atoms in total. The van der Waals surface area contributed by atoms with E-state index >= 15 is 0 Å². The second kappa shape index (κ2) is 6.48. The van der Waals surface area contributed by atoms with Crippen LogP contribution >= 0.6 is 11.3 Å². The molecule has 0 amide bonds. The number of likely N-dealkylation sites (N-methyl/N-ethyl adjacent to an activating group) is 1. The van der Waals surface area contributed by atoms with Crippen molar-refractivity contribution in [3.05, 3.63) is 41.4 Å². The molecule has 1 saturated heterocycles. The van der Waals surface area contributed by atoms with Crippen LogP contribution < -0.4 is 5.32 Å². The Bertz CT molecular complexity index is 538. The van der Waals surface area contributed by atoms with Gasteiger partial charge < -0.3 is 5.32 Å². The van der Waals surface area contributed by atoms with E-state index < -0.39 is 0 Å². The minimum Gasteiger partial charge on any atom is -0.318 e. The maximum atomic E-state index is 4.79. The quantitative estimate of drug-likeness (QED) is 0.916. The summed E-state index contributed by atoms with van der Waals surface area (Å²) in [5, 5.41) is 6.63. The van der Waals surface area contributed by atoms with Crippen molar-refractivity contribution >= 4 is 11.3 Å². The Hall–Kier alpha value is -1.23.